The summed E-state index contributed by atoms with van der Waals surface area (Å²) in [6.07, 6.45) is 1.24. The molecule has 0 aliphatic carbocycles. The minimum Gasteiger partial charge on any atom is -0.465 e. The second-order valence-corrected chi connectivity index (χ2v) is 4.21. The highest BCUT2D eigenvalue weighted by Crippen LogP contribution is 2.17. The molecule has 0 spiro atoms. The molecule has 0 aromatic heterocycles. The zero-order valence-corrected chi connectivity index (χ0v) is 7.74. The van der Waals surface area contributed by atoms with Crippen molar-refractivity contribution in [1.82, 2.24) is 4.90 Å². The molecular weight excluding hydrogens is 245 g/mol. The fraction of sp³-hybridized carbons (Fsp3) is 0.833. The Morgan fingerprint density at radius 2 is 2.00 bits per heavy atom. The van der Waals surface area contributed by atoms with Crippen LogP contribution in [0.25, 0.3) is 0 Å². The SMILES string of the molecule is O=C(O)N1CCC(I)CC1. The fourth-order valence-electron chi connectivity index (χ4n) is 1.04. The molecule has 1 aliphatic rings. The maximum Gasteiger partial charge on any atom is 0.407 e. The van der Waals surface area contributed by atoms with E-state index in [-0.39, 0.29) is 0 Å². The van der Waals surface area contributed by atoms with Crippen LogP contribution in [-0.2, 0) is 0 Å². The van der Waals surface area contributed by atoms with Crippen molar-refractivity contribution >= 4 is 28.7 Å². The van der Waals surface area contributed by atoms with Crippen molar-refractivity contribution < 1.29 is 9.90 Å². The Labute approximate surface area is 73.5 Å². The van der Waals surface area contributed by atoms with Crippen molar-refractivity contribution in [1.29, 1.82) is 0 Å². The van der Waals surface area contributed by atoms with Gasteiger partial charge in [0.2, 0.25) is 0 Å². The molecule has 0 atom stereocenters. The van der Waals surface area contributed by atoms with Crippen LogP contribution in [-0.4, -0.2) is 33.1 Å². The summed E-state index contributed by atoms with van der Waals surface area (Å²) in [4.78, 5) is 11.9. The lowest BCUT2D eigenvalue weighted by Crippen LogP contribution is -2.37. The molecule has 1 rings (SSSR count). The van der Waals surface area contributed by atoms with E-state index >= 15 is 0 Å². The summed E-state index contributed by atoms with van der Waals surface area (Å²) >= 11 is 2.37. The van der Waals surface area contributed by atoms with Crippen LogP contribution in [0.4, 0.5) is 4.79 Å². The van der Waals surface area contributed by atoms with Crippen LogP contribution in [0.1, 0.15) is 12.8 Å². The van der Waals surface area contributed by atoms with Gasteiger partial charge in [-0.25, -0.2) is 4.79 Å². The third kappa shape index (κ3) is 2.00. The molecule has 10 heavy (non-hydrogen) atoms. The standard InChI is InChI=1S/C6H10INO2/c7-5-1-3-8(4-2-5)6(9)10/h5H,1-4H2,(H,9,10). The second-order valence-electron chi connectivity index (χ2n) is 2.44. The van der Waals surface area contributed by atoms with E-state index in [0.717, 1.165) is 12.8 Å². The average Bonchev–Trinajstić information content (AvgIpc) is 1.88. The van der Waals surface area contributed by atoms with E-state index in [1.807, 2.05) is 0 Å². The molecule has 0 bridgehead atoms. The Balaban J connectivity index is 2.33. The quantitative estimate of drug-likeness (QED) is 0.527. The van der Waals surface area contributed by atoms with Gasteiger partial charge in [-0.05, 0) is 12.8 Å². The molecule has 0 aromatic rings. The number of rotatable bonds is 0. The maximum atomic E-state index is 10.4. The Morgan fingerprint density at radius 1 is 1.50 bits per heavy atom. The summed E-state index contributed by atoms with van der Waals surface area (Å²) in [5, 5.41) is 8.55. The Kier molecular flexibility index (Phi) is 2.76. The number of alkyl halides is 1. The van der Waals surface area contributed by atoms with Gasteiger partial charge in [0, 0.05) is 17.0 Å². The third-order valence-corrected chi connectivity index (χ3v) is 2.94. The highest BCUT2D eigenvalue weighted by Gasteiger charge is 2.19. The van der Waals surface area contributed by atoms with Gasteiger partial charge in [0.25, 0.3) is 0 Å². The molecule has 0 unspecified atom stereocenters. The molecule has 4 heteroatoms. The molecule has 3 nitrogen and oxygen atoms in total. The van der Waals surface area contributed by atoms with Crippen LogP contribution in [0.3, 0.4) is 0 Å². The summed E-state index contributed by atoms with van der Waals surface area (Å²) < 4.78 is 0.674. The van der Waals surface area contributed by atoms with Crippen LogP contribution < -0.4 is 0 Å². The largest absolute Gasteiger partial charge is 0.465 e. The number of likely N-dealkylation sites (tertiary alicyclic amines) is 1. The molecule has 1 heterocycles. The summed E-state index contributed by atoms with van der Waals surface area (Å²) in [5.41, 5.74) is 0. The predicted octanol–water partition coefficient (Wildman–Crippen LogP) is 1.56. The minimum absolute atomic E-state index is 0.674. The number of halogens is 1. The predicted molar refractivity (Wildman–Crippen MR) is 46.6 cm³/mol. The molecule has 1 aliphatic heterocycles. The van der Waals surface area contributed by atoms with Crippen molar-refractivity contribution in [2.75, 3.05) is 13.1 Å². The van der Waals surface area contributed by atoms with Crippen molar-refractivity contribution in [3.8, 4) is 0 Å². The number of carboxylic acid groups (broad SMARTS) is 1. The molecule has 0 aromatic carbocycles. The fourth-order valence-corrected chi connectivity index (χ4v) is 1.60. The molecule has 1 N–H and O–H groups in total. The van der Waals surface area contributed by atoms with E-state index in [0.29, 0.717) is 17.0 Å². The summed E-state index contributed by atoms with van der Waals surface area (Å²) in [6, 6.07) is 0. The summed E-state index contributed by atoms with van der Waals surface area (Å²) in [7, 11) is 0. The van der Waals surface area contributed by atoms with Gasteiger partial charge >= 0.3 is 6.09 Å². The summed E-state index contributed by atoms with van der Waals surface area (Å²) in [6.45, 7) is 1.42. The van der Waals surface area contributed by atoms with Gasteiger partial charge in [-0.3, -0.25) is 0 Å². The minimum atomic E-state index is -0.775. The monoisotopic (exact) mass is 255 g/mol. The maximum absolute atomic E-state index is 10.4. The second kappa shape index (κ2) is 3.41. The van der Waals surface area contributed by atoms with Gasteiger partial charge < -0.3 is 10.0 Å². The number of hydrogen-bond acceptors (Lipinski definition) is 1. The number of piperidine rings is 1. The molecule has 1 saturated heterocycles. The molecule has 0 saturated carbocycles. The Hall–Kier alpha value is 0. The first-order valence-corrected chi connectivity index (χ1v) is 4.56. The first-order chi connectivity index (χ1) is 4.70. The van der Waals surface area contributed by atoms with Gasteiger partial charge in [0.1, 0.15) is 0 Å². The van der Waals surface area contributed by atoms with Crippen LogP contribution in [0, 0.1) is 0 Å². The van der Waals surface area contributed by atoms with Crippen LogP contribution in [0.5, 0.6) is 0 Å². The normalized spacial score (nSPS) is 21.1. The molecular formula is C6H10INO2. The number of hydrogen-bond donors (Lipinski definition) is 1. The molecule has 1 fully saturated rings. The van der Waals surface area contributed by atoms with E-state index in [4.69, 9.17) is 5.11 Å². The zero-order valence-electron chi connectivity index (χ0n) is 5.59. The van der Waals surface area contributed by atoms with Gasteiger partial charge in [-0.1, -0.05) is 22.6 Å². The molecule has 58 valence electrons. The van der Waals surface area contributed by atoms with Crippen molar-refractivity contribution in [3.05, 3.63) is 0 Å². The number of amides is 1. The highest BCUT2D eigenvalue weighted by molar-refractivity contribution is 14.1. The lowest BCUT2D eigenvalue weighted by molar-refractivity contribution is 0.137. The Bertz CT molecular complexity index is 132. The van der Waals surface area contributed by atoms with Gasteiger partial charge in [0.05, 0.1) is 0 Å². The zero-order chi connectivity index (χ0) is 7.56. The lowest BCUT2D eigenvalue weighted by Gasteiger charge is -2.26. The van der Waals surface area contributed by atoms with Crippen LogP contribution >= 0.6 is 22.6 Å². The van der Waals surface area contributed by atoms with Crippen molar-refractivity contribution in [2.45, 2.75) is 16.8 Å². The smallest absolute Gasteiger partial charge is 0.407 e. The molecule has 0 radical (unpaired) electrons. The van der Waals surface area contributed by atoms with E-state index in [9.17, 15) is 4.79 Å². The first-order valence-electron chi connectivity index (χ1n) is 3.32. The van der Waals surface area contributed by atoms with Crippen LogP contribution in [0.15, 0.2) is 0 Å². The number of carbonyl (C=O) groups is 1. The van der Waals surface area contributed by atoms with Gasteiger partial charge in [-0.15, -0.1) is 0 Å². The van der Waals surface area contributed by atoms with Crippen molar-refractivity contribution in [2.24, 2.45) is 0 Å². The van der Waals surface area contributed by atoms with Crippen molar-refractivity contribution in [3.63, 3.8) is 0 Å². The first kappa shape index (κ1) is 8.10. The van der Waals surface area contributed by atoms with E-state index in [1.165, 1.54) is 4.90 Å². The van der Waals surface area contributed by atoms with E-state index < -0.39 is 6.09 Å². The average molecular weight is 255 g/mol. The van der Waals surface area contributed by atoms with Gasteiger partial charge in [-0.2, -0.15) is 0 Å². The highest BCUT2D eigenvalue weighted by atomic mass is 127. The number of nitrogens with zero attached hydrogens (tertiary/aromatic N) is 1. The van der Waals surface area contributed by atoms with E-state index in [1.54, 1.807) is 0 Å². The third-order valence-electron chi connectivity index (χ3n) is 1.70. The topological polar surface area (TPSA) is 40.5 Å². The Morgan fingerprint density at radius 3 is 2.40 bits per heavy atom. The molecule has 1 amide bonds. The summed E-state index contributed by atoms with van der Waals surface area (Å²) in [5.74, 6) is 0. The van der Waals surface area contributed by atoms with Crippen LogP contribution in [0.2, 0.25) is 0 Å². The lowest BCUT2D eigenvalue weighted by atomic mass is 10.1. The van der Waals surface area contributed by atoms with E-state index in [2.05, 4.69) is 22.6 Å². The van der Waals surface area contributed by atoms with Gasteiger partial charge in [0.15, 0.2) is 0 Å².